The predicted octanol–water partition coefficient (Wildman–Crippen LogP) is 1.15. The average molecular weight is 371 g/mol. The molecule has 2 amide bonds. The molecule has 1 atom stereocenters. The van der Waals surface area contributed by atoms with Crippen molar-refractivity contribution < 1.29 is 14.1 Å². The fourth-order valence-corrected chi connectivity index (χ4v) is 3.36. The molecule has 4 heterocycles. The Morgan fingerprint density at radius 3 is 3.15 bits per heavy atom. The third-order valence-corrected chi connectivity index (χ3v) is 4.73. The quantitative estimate of drug-likeness (QED) is 0.855. The summed E-state index contributed by atoms with van der Waals surface area (Å²) in [6.45, 7) is 2.93. The molecule has 0 aromatic carbocycles. The fourth-order valence-electron chi connectivity index (χ4n) is 3.36. The highest BCUT2D eigenvalue weighted by atomic mass is 16.5. The zero-order valence-electron chi connectivity index (χ0n) is 14.9. The topological polar surface area (TPSA) is 122 Å². The molecule has 4 rings (SSSR count). The van der Waals surface area contributed by atoms with Crippen LogP contribution in [0.15, 0.2) is 10.6 Å². The van der Waals surface area contributed by atoms with Gasteiger partial charge in [0.15, 0.2) is 11.5 Å². The Morgan fingerprint density at radius 2 is 2.33 bits per heavy atom. The van der Waals surface area contributed by atoms with Crippen molar-refractivity contribution in [1.29, 1.82) is 5.26 Å². The molecule has 0 unspecified atom stereocenters. The number of carbonyl (C=O) groups is 1. The van der Waals surface area contributed by atoms with Crippen LogP contribution in [0.2, 0.25) is 0 Å². The molecule has 2 aliphatic rings. The van der Waals surface area contributed by atoms with E-state index in [0.29, 0.717) is 50.0 Å². The molecule has 0 radical (unpaired) electrons. The van der Waals surface area contributed by atoms with Crippen molar-refractivity contribution in [1.82, 2.24) is 30.1 Å². The van der Waals surface area contributed by atoms with Gasteiger partial charge in [-0.05, 0) is 25.3 Å². The van der Waals surface area contributed by atoms with Crippen molar-refractivity contribution in [3.63, 3.8) is 0 Å². The number of nitriles is 1. The first-order valence-electron chi connectivity index (χ1n) is 9.16. The number of rotatable bonds is 4. The number of hydrogen-bond acceptors (Lipinski definition) is 7. The molecule has 0 saturated carbocycles. The van der Waals surface area contributed by atoms with Gasteiger partial charge in [0.05, 0.1) is 12.2 Å². The highest BCUT2D eigenvalue weighted by Gasteiger charge is 2.24. The number of amides is 2. The molecule has 2 aromatic heterocycles. The molecule has 10 nitrogen and oxygen atoms in total. The predicted molar refractivity (Wildman–Crippen MR) is 91.3 cm³/mol. The van der Waals surface area contributed by atoms with E-state index in [2.05, 4.69) is 20.6 Å². The Hall–Kier alpha value is -2.93. The van der Waals surface area contributed by atoms with E-state index in [1.165, 1.54) is 0 Å². The van der Waals surface area contributed by atoms with E-state index < -0.39 is 0 Å². The largest absolute Gasteiger partial charge is 0.368 e. The Bertz CT molecular complexity index is 847. The van der Waals surface area contributed by atoms with E-state index in [4.69, 9.17) is 14.5 Å². The molecule has 1 fully saturated rings. The maximum Gasteiger partial charge on any atom is 0.317 e. The first kappa shape index (κ1) is 17.5. The zero-order chi connectivity index (χ0) is 18.6. The van der Waals surface area contributed by atoms with Crippen molar-refractivity contribution in [3.8, 4) is 6.07 Å². The van der Waals surface area contributed by atoms with Gasteiger partial charge in [-0.15, -0.1) is 0 Å². The maximum absolute atomic E-state index is 12.5. The summed E-state index contributed by atoms with van der Waals surface area (Å²) in [6, 6.07) is 3.63. The second-order valence-electron chi connectivity index (χ2n) is 6.66. The Kier molecular flexibility index (Phi) is 5.02. The first-order chi connectivity index (χ1) is 13.2. The number of aromatic nitrogens is 4. The molecule has 142 valence electrons. The van der Waals surface area contributed by atoms with Crippen molar-refractivity contribution in [2.45, 2.75) is 44.9 Å². The number of ether oxygens (including phenoxy) is 1. The van der Waals surface area contributed by atoms with Crippen LogP contribution in [-0.4, -0.2) is 50.5 Å². The van der Waals surface area contributed by atoms with Crippen LogP contribution in [0.4, 0.5) is 4.79 Å². The molecule has 1 saturated heterocycles. The van der Waals surface area contributed by atoms with Crippen LogP contribution in [0.3, 0.4) is 0 Å². The van der Waals surface area contributed by atoms with Crippen LogP contribution in [0.25, 0.3) is 0 Å². The van der Waals surface area contributed by atoms with Gasteiger partial charge >= 0.3 is 6.03 Å². The van der Waals surface area contributed by atoms with Gasteiger partial charge in [-0.2, -0.15) is 15.3 Å². The minimum absolute atomic E-state index is 0.0962. The Balaban J connectivity index is 1.28. The molecule has 1 N–H and O–H groups in total. The van der Waals surface area contributed by atoms with Crippen LogP contribution in [0.5, 0.6) is 0 Å². The van der Waals surface area contributed by atoms with Gasteiger partial charge < -0.3 is 19.5 Å². The highest BCUT2D eigenvalue weighted by Crippen LogP contribution is 2.26. The Labute approximate surface area is 156 Å². The van der Waals surface area contributed by atoms with E-state index in [9.17, 15) is 4.79 Å². The summed E-state index contributed by atoms with van der Waals surface area (Å²) in [5.41, 5.74) is 1.25. The average Bonchev–Trinajstić information content (AvgIpc) is 3.40. The van der Waals surface area contributed by atoms with E-state index in [0.717, 1.165) is 31.6 Å². The van der Waals surface area contributed by atoms with Gasteiger partial charge in [0.25, 0.3) is 5.89 Å². The first-order valence-corrected chi connectivity index (χ1v) is 9.16. The number of urea groups is 1. The second-order valence-corrected chi connectivity index (χ2v) is 6.66. The molecule has 2 aliphatic heterocycles. The van der Waals surface area contributed by atoms with E-state index >= 15 is 0 Å². The molecular weight excluding hydrogens is 350 g/mol. The van der Waals surface area contributed by atoms with Crippen LogP contribution in [-0.2, 0) is 24.2 Å². The lowest BCUT2D eigenvalue weighted by atomic mass is 10.2. The molecule has 0 aliphatic carbocycles. The summed E-state index contributed by atoms with van der Waals surface area (Å²) >= 11 is 0. The highest BCUT2D eigenvalue weighted by molar-refractivity contribution is 5.74. The smallest absolute Gasteiger partial charge is 0.317 e. The standard InChI is InChI=1S/C17H21N7O3/c18-10-12-9-13-11-23(6-2-7-24(13)21-12)17(25)19-5-4-15-20-16(27-22-15)14-3-1-8-26-14/h9,14H,1-8,11H2,(H,19,25)/t14-/m1/s1. The van der Waals surface area contributed by atoms with E-state index in [1.807, 2.05) is 6.07 Å². The van der Waals surface area contributed by atoms with Crippen LogP contribution >= 0.6 is 0 Å². The van der Waals surface area contributed by atoms with Gasteiger partial charge in [-0.1, -0.05) is 5.16 Å². The number of hydrogen-bond donors (Lipinski definition) is 1. The SMILES string of the molecule is N#Cc1cc2n(n1)CCCN(C(=O)NCCc1noc([C@H]3CCCO3)n1)C2. The monoisotopic (exact) mass is 371 g/mol. The van der Waals surface area contributed by atoms with Crippen LogP contribution in [0.1, 0.15) is 48.5 Å². The molecule has 2 aromatic rings. The van der Waals surface area contributed by atoms with E-state index in [1.54, 1.807) is 15.6 Å². The molecule has 0 spiro atoms. The molecule has 10 heteroatoms. The summed E-state index contributed by atoms with van der Waals surface area (Å²) in [6.07, 6.45) is 3.09. The second kappa shape index (κ2) is 7.75. The lowest BCUT2D eigenvalue weighted by molar-refractivity contribution is 0.0835. The summed E-state index contributed by atoms with van der Waals surface area (Å²) < 4.78 is 12.6. The summed E-state index contributed by atoms with van der Waals surface area (Å²) in [5, 5.41) is 20.1. The number of nitrogens with one attached hydrogen (secondary N) is 1. The summed E-state index contributed by atoms with van der Waals surface area (Å²) in [7, 11) is 0. The van der Waals surface area contributed by atoms with Gasteiger partial charge in [-0.3, -0.25) is 4.68 Å². The fraction of sp³-hybridized carbons (Fsp3) is 0.588. The number of fused-ring (bicyclic) bond motifs is 1. The van der Waals surface area contributed by atoms with Crippen molar-refractivity contribution in [2.75, 3.05) is 19.7 Å². The zero-order valence-corrected chi connectivity index (χ0v) is 14.9. The third-order valence-electron chi connectivity index (χ3n) is 4.73. The van der Waals surface area contributed by atoms with Crippen LogP contribution in [0, 0.1) is 11.3 Å². The minimum atomic E-state index is -0.147. The Morgan fingerprint density at radius 1 is 1.41 bits per heavy atom. The molecular formula is C17H21N7O3. The number of aryl methyl sites for hydroxylation is 1. The van der Waals surface area contributed by atoms with Gasteiger partial charge in [0, 0.05) is 32.7 Å². The van der Waals surface area contributed by atoms with Gasteiger partial charge in [0.1, 0.15) is 12.2 Å². The van der Waals surface area contributed by atoms with Crippen molar-refractivity contribution in [3.05, 3.63) is 29.2 Å². The lowest BCUT2D eigenvalue weighted by Gasteiger charge is -2.20. The van der Waals surface area contributed by atoms with Crippen LogP contribution < -0.4 is 5.32 Å². The summed E-state index contributed by atoms with van der Waals surface area (Å²) in [4.78, 5) is 18.6. The van der Waals surface area contributed by atoms with Gasteiger partial charge in [-0.25, -0.2) is 4.79 Å². The number of carbonyl (C=O) groups excluding carboxylic acids is 1. The number of nitrogens with zero attached hydrogens (tertiary/aromatic N) is 6. The third kappa shape index (κ3) is 3.93. The van der Waals surface area contributed by atoms with Crippen molar-refractivity contribution in [2.24, 2.45) is 0 Å². The maximum atomic E-state index is 12.5. The normalized spacial score (nSPS) is 19.4. The molecule has 0 bridgehead atoms. The minimum Gasteiger partial charge on any atom is -0.368 e. The molecule has 27 heavy (non-hydrogen) atoms. The van der Waals surface area contributed by atoms with Gasteiger partial charge in [0.2, 0.25) is 0 Å². The summed E-state index contributed by atoms with van der Waals surface area (Å²) in [5.74, 6) is 1.08. The lowest BCUT2D eigenvalue weighted by Crippen LogP contribution is -2.40. The van der Waals surface area contributed by atoms with E-state index in [-0.39, 0.29) is 12.1 Å². The van der Waals surface area contributed by atoms with Crippen molar-refractivity contribution >= 4 is 6.03 Å².